The van der Waals surface area contributed by atoms with Gasteiger partial charge in [0.1, 0.15) is 0 Å². The summed E-state index contributed by atoms with van der Waals surface area (Å²) in [6.07, 6.45) is 0.559. The largest absolute Gasteiger partial charge is 0.392 e. The van der Waals surface area contributed by atoms with Crippen LogP contribution < -0.4 is 5.62 Å². The highest BCUT2D eigenvalue weighted by atomic mass is 16.3. The lowest BCUT2D eigenvalue weighted by molar-refractivity contribution is 0.172. The number of benzene rings is 1. The molecule has 0 bridgehead atoms. The average molecular weight is 233 g/mol. The Morgan fingerprint density at radius 2 is 1.82 bits per heavy atom. The molecule has 4 heteroatoms. The maximum atomic E-state index is 9.52. The van der Waals surface area contributed by atoms with E-state index in [9.17, 15) is 5.11 Å². The zero-order chi connectivity index (χ0) is 12.4. The van der Waals surface area contributed by atoms with Gasteiger partial charge in [0.15, 0.2) is 0 Å². The van der Waals surface area contributed by atoms with Crippen LogP contribution >= 0.6 is 0 Å². The predicted octanol–water partition coefficient (Wildman–Crippen LogP) is 1.71. The summed E-state index contributed by atoms with van der Waals surface area (Å²) in [4.78, 5) is 0. The SMILES string of the molecule is CCCn1c(=N)n(C[C@@H](C)O)c2ccccc21. The van der Waals surface area contributed by atoms with Crippen LogP contribution in [-0.4, -0.2) is 20.3 Å². The average Bonchev–Trinajstić information content (AvgIpc) is 2.55. The lowest BCUT2D eigenvalue weighted by Crippen LogP contribution is -2.27. The number of imidazole rings is 1. The van der Waals surface area contributed by atoms with Gasteiger partial charge in [0.25, 0.3) is 0 Å². The Balaban J connectivity index is 2.66. The fourth-order valence-corrected chi connectivity index (χ4v) is 2.19. The van der Waals surface area contributed by atoms with Crippen molar-refractivity contribution in [3.05, 3.63) is 29.9 Å². The normalized spacial score (nSPS) is 13.1. The molecule has 0 amide bonds. The summed E-state index contributed by atoms with van der Waals surface area (Å²) in [6, 6.07) is 7.99. The van der Waals surface area contributed by atoms with E-state index >= 15 is 0 Å². The second-order valence-electron chi connectivity index (χ2n) is 4.42. The van der Waals surface area contributed by atoms with Crippen molar-refractivity contribution in [1.29, 1.82) is 5.41 Å². The Bertz CT molecular complexity index is 566. The van der Waals surface area contributed by atoms with Crippen molar-refractivity contribution in [2.75, 3.05) is 0 Å². The van der Waals surface area contributed by atoms with Crippen LogP contribution in [0.2, 0.25) is 0 Å². The molecule has 0 aliphatic carbocycles. The number of aliphatic hydroxyl groups excluding tert-OH is 1. The summed E-state index contributed by atoms with van der Waals surface area (Å²) in [5.74, 6) is 0. The van der Waals surface area contributed by atoms with Crippen molar-refractivity contribution in [3.63, 3.8) is 0 Å². The van der Waals surface area contributed by atoms with Gasteiger partial charge >= 0.3 is 0 Å². The Morgan fingerprint density at radius 3 is 2.35 bits per heavy atom. The number of aryl methyl sites for hydroxylation is 1. The van der Waals surface area contributed by atoms with Crippen LogP contribution in [0.5, 0.6) is 0 Å². The first-order chi connectivity index (χ1) is 8.15. The monoisotopic (exact) mass is 233 g/mol. The number of aromatic nitrogens is 2. The second kappa shape index (κ2) is 4.75. The van der Waals surface area contributed by atoms with Gasteiger partial charge in [-0.1, -0.05) is 19.1 Å². The minimum absolute atomic E-state index is 0.440. The van der Waals surface area contributed by atoms with Gasteiger partial charge in [0.2, 0.25) is 5.62 Å². The Labute approximate surface area is 101 Å². The highest BCUT2D eigenvalue weighted by molar-refractivity contribution is 5.75. The summed E-state index contributed by atoms with van der Waals surface area (Å²) in [5, 5.41) is 17.7. The Morgan fingerprint density at radius 1 is 1.24 bits per heavy atom. The summed E-state index contributed by atoms with van der Waals surface area (Å²) < 4.78 is 3.87. The van der Waals surface area contributed by atoms with Crippen LogP contribution in [0.1, 0.15) is 20.3 Å². The topological polar surface area (TPSA) is 53.9 Å². The van der Waals surface area contributed by atoms with E-state index in [0.29, 0.717) is 12.2 Å². The first kappa shape index (κ1) is 11.9. The summed E-state index contributed by atoms with van der Waals surface area (Å²) in [7, 11) is 0. The molecule has 0 saturated carbocycles. The zero-order valence-electron chi connectivity index (χ0n) is 10.3. The summed E-state index contributed by atoms with van der Waals surface area (Å²) in [5.41, 5.74) is 2.56. The molecule has 0 aliphatic rings. The zero-order valence-corrected chi connectivity index (χ0v) is 10.3. The molecule has 4 nitrogen and oxygen atoms in total. The molecule has 0 spiro atoms. The molecule has 2 rings (SSSR count). The standard InChI is InChI=1S/C13H19N3O/c1-3-8-15-11-6-4-5-7-12(11)16(13(15)14)9-10(2)17/h4-7,10,14,17H,3,8-9H2,1-2H3/t10-/m1/s1. The highest BCUT2D eigenvalue weighted by Crippen LogP contribution is 2.13. The number of para-hydroxylation sites is 2. The number of hydrogen-bond acceptors (Lipinski definition) is 2. The first-order valence-corrected chi connectivity index (χ1v) is 6.06. The molecule has 1 aromatic carbocycles. The number of rotatable bonds is 4. The van der Waals surface area contributed by atoms with Crippen molar-refractivity contribution < 1.29 is 5.11 Å². The predicted molar refractivity (Wildman–Crippen MR) is 67.8 cm³/mol. The molecule has 1 aromatic heterocycles. The molecule has 2 aromatic rings. The smallest absolute Gasteiger partial charge is 0.203 e. The molecule has 0 unspecified atom stereocenters. The molecule has 0 fully saturated rings. The third-order valence-corrected chi connectivity index (χ3v) is 2.87. The van der Waals surface area contributed by atoms with Gasteiger partial charge in [-0.15, -0.1) is 0 Å². The Kier molecular flexibility index (Phi) is 3.33. The van der Waals surface area contributed by atoms with Gasteiger partial charge in [0.05, 0.1) is 23.7 Å². The van der Waals surface area contributed by atoms with E-state index in [1.807, 2.05) is 33.4 Å². The van der Waals surface area contributed by atoms with Gasteiger partial charge in [-0.3, -0.25) is 5.41 Å². The van der Waals surface area contributed by atoms with Gasteiger partial charge < -0.3 is 14.2 Å². The minimum atomic E-state index is -0.440. The van der Waals surface area contributed by atoms with E-state index < -0.39 is 6.10 Å². The van der Waals surface area contributed by atoms with Gasteiger partial charge in [-0.25, -0.2) is 0 Å². The van der Waals surface area contributed by atoms with E-state index in [1.165, 1.54) is 0 Å². The molecular weight excluding hydrogens is 214 g/mol. The molecular formula is C13H19N3O. The molecule has 17 heavy (non-hydrogen) atoms. The third-order valence-electron chi connectivity index (χ3n) is 2.87. The van der Waals surface area contributed by atoms with Crippen LogP contribution in [0.15, 0.2) is 24.3 Å². The van der Waals surface area contributed by atoms with Crippen LogP contribution in [0.25, 0.3) is 11.0 Å². The lowest BCUT2D eigenvalue weighted by Gasteiger charge is -2.06. The molecule has 2 N–H and O–H groups in total. The second-order valence-corrected chi connectivity index (χ2v) is 4.42. The molecule has 0 aliphatic heterocycles. The summed E-state index contributed by atoms with van der Waals surface area (Å²) >= 11 is 0. The lowest BCUT2D eigenvalue weighted by atomic mass is 10.3. The number of nitrogens with zero attached hydrogens (tertiary/aromatic N) is 2. The maximum absolute atomic E-state index is 9.52. The molecule has 0 saturated heterocycles. The molecule has 0 radical (unpaired) electrons. The van der Waals surface area contributed by atoms with Crippen molar-refractivity contribution in [2.24, 2.45) is 0 Å². The Hall–Kier alpha value is -1.55. The van der Waals surface area contributed by atoms with E-state index in [1.54, 1.807) is 6.92 Å². The van der Waals surface area contributed by atoms with Crippen LogP contribution in [0.4, 0.5) is 0 Å². The van der Waals surface area contributed by atoms with Crippen molar-refractivity contribution in [2.45, 2.75) is 39.5 Å². The first-order valence-electron chi connectivity index (χ1n) is 6.06. The van der Waals surface area contributed by atoms with Gasteiger partial charge in [0, 0.05) is 6.54 Å². The molecule has 1 atom stereocenters. The van der Waals surface area contributed by atoms with Gasteiger partial charge in [-0.05, 0) is 25.5 Å². The molecule has 1 heterocycles. The van der Waals surface area contributed by atoms with Crippen LogP contribution in [-0.2, 0) is 13.1 Å². The minimum Gasteiger partial charge on any atom is -0.392 e. The number of hydrogen-bond donors (Lipinski definition) is 2. The molecule has 92 valence electrons. The maximum Gasteiger partial charge on any atom is 0.203 e. The number of fused-ring (bicyclic) bond motifs is 1. The van der Waals surface area contributed by atoms with Crippen molar-refractivity contribution in [3.8, 4) is 0 Å². The quantitative estimate of drug-likeness (QED) is 0.830. The third kappa shape index (κ3) is 2.13. The fraction of sp³-hybridized carbons (Fsp3) is 0.462. The van der Waals surface area contributed by atoms with Crippen LogP contribution in [0, 0.1) is 5.41 Å². The van der Waals surface area contributed by atoms with Crippen LogP contribution in [0.3, 0.4) is 0 Å². The van der Waals surface area contributed by atoms with E-state index in [-0.39, 0.29) is 0 Å². The van der Waals surface area contributed by atoms with E-state index in [0.717, 1.165) is 24.0 Å². The fourth-order valence-electron chi connectivity index (χ4n) is 2.19. The number of aliphatic hydroxyl groups is 1. The van der Waals surface area contributed by atoms with Gasteiger partial charge in [-0.2, -0.15) is 0 Å². The summed E-state index contributed by atoms with van der Waals surface area (Å²) in [6.45, 7) is 5.16. The van der Waals surface area contributed by atoms with Crippen molar-refractivity contribution >= 4 is 11.0 Å². The van der Waals surface area contributed by atoms with Crippen molar-refractivity contribution in [1.82, 2.24) is 9.13 Å². The number of nitrogens with one attached hydrogen (secondary N) is 1. The highest BCUT2D eigenvalue weighted by Gasteiger charge is 2.10. The van der Waals surface area contributed by atoms with E-state index in [4.69, 9.17) is 5.41 Å². The van der Waals surface area contributed by atoms with E-state index in [2.05, 4.69) is 6.92 Å².